The monoisotopic (exact) mass is 1150 g/mol. The Balaban J connectivity index is 0.00000262. The topological polar surface area (TPSA) is 215 Å². The Morgan fingerprint density at radius 1 is 0.625 bits per heavy atom. The third-order valence-electron chi connectivity index (χ3n) is 7.13. The summed E-state index contributed by atoms with van der Waals surface area (Å²) in [5.41, 5.74) is 2.00. The Kier molecular flexibility index (Phi) is 20.4. The van der Waals surface area contributed by atoms with Crippen LogP contribution >= 0.6 is 43.9 Å². The number of rotatable bonds is 4. The molecule has 0 aromatic heterocycles. The van der Waals surface area contributed by atoms with Gasteiger partial charge in [0.25, 0.3) is 0 Å². The maximum atomic E-state index is 11.0. The van der Waals surface area contributed by atoms with Gasteiger partial charge in [0.2, 0.25) is 0 Å². The Morgan fingerprint density at radius 2 is 1.04 bits per heavy atom. The summed E-state index contributed by atoms with van der Waals surface area (Å²) in [6, 6.07) is 16.8. The van der Waals surface area contributed by atoms with Crippen molar-refractivity contribution in [2.24, 2.45) is 9.98 Å². The molecule has 34 heteroatoms. The second-order valence-corrected chi connectivity index (χ2v) is 32.1. The van der Waals surface area contributed by atoms with Crippen LogP contribution in [0.25, 0.3) is 0 Å². The molecule has 11 radical (unpaired) electrons. The van der Waals surface area contributed by atoms with Crippen molar-refractivity contribution in [3.05, 3.63) is 59.7 Å². The first kappa shape index (κ1) is 46.9. The van der Waals surface area contributed by atoms with Gasteiger partial charge in [-0.3, -0.25) is 9.98 Å². The molecule has 4 fully saturated rings. The molecule has 6 bridgehead atoms. The van der Waals surface area contributed by atoms with Crippen molar-refractivity contribution in [3.63, 3.8) is 0 Å². The van der Waals surface area contributed by atoms with Crippen LogP contribution in [0.1, 0.15) is 24.0 Å². The molecule has 19 nitrogen and oxygen atoms in total. The minimum absolute atomic E-state index is 0.377. The molecule has 5 aliphatic heterocycles. The fraction of sp³-hybridized carbons (Fsp3) is 0.364. The van der Waals surface area contributed by atoms with Crippen LogP contribution in [0, 0.1) is 0 Å². The van der Waals surface area contributed by atoms with Gasteiger partial charge in [-0.15, -0.1) is 23.5 Å². The van der Waals surface area contributed by atoms with Crippen LogP contribution in [0.2, 0.25) is 12.1 Å². The minimum atomic E-state index is -3.49. The van der Waals surface area contributed by atoms with Crippen LogP contribution in [-0.2, 0) is 70.4 Å². The molecule has 2 unspecified atom stereocenters. The maximum absolute atomic E-state index is 11.0. The zero-order valence-electron chi connectivity index (χ0n) is 28.4. The van der Waals surface area contributed by atoms with Gasteiger partial charge in [0.1, 0.15) is 0 Å². The van der Waals surface area contributed by atoms with E-state index in [1.54, 1.807) is 43.9 Å². The van der Waals surface area contributed by atoms with E-state index < -0.39 is 104 Å². The van der Waals surface area contributed by atoms with Crippen molar-refractivity contribution in [2.75, 3.05) is 24.6 Å². The molecule has 7 rings (SSSR count). The molecule has 5 heterocycles. The van der Waals surface area contributed by atoms with E-state index in [1.807, 2.05) is 61.0 Å². The molecule has 2 spiro atoms. The molecule has 2 aromatic rings. The molecule has 0 aliphatic carbocycles. The van der Waals surface area contributed by atoms with Crippen molar-refractivity contribution in [1.29, 1.82) is 0 Å². The molecule has 56 heavy (non-hydrogen) atoms. The molecule has 0 amide bonds. The van der Waals surface area contributed by atoms with Gasteiger partial charge < -0.3 is 72.0 Å². The predicted molar refractivity (Wildman–Crippen MR) is 217 cm³/mol. The number of thioether (sulfide) groups is 2. The van der Waals surface area contributed by atoms with Crippen molar-refractivity contribution in [2.45, 2.75) is 34.7 Å². The van der Waals surface area contributed by atoms with E-state index in [1.165, 1.54) is 0 Å². The number of halogens is 1. The Labute approximate surface area is 370 Å². The summed E-state index contributed by atoms with van der Waals surface area (Å²) in [5.74, 6) is 1.39. The van der Waals surface area contributed by atoms with E-state index in [4.69, 9.17) is 57.6 Å². The van der Waals surface area contributed by atoms with Crippen LogP contribution in [0.3, 0.4) is 0 Å². The average molecular weight is 1160 g/mol. The van der Waals surface area contributed by atoms with Gasteiger partial charge in [-0.25, -0.2) is 0 Å². The molecule has 0 saturated carbocycles. The molecular formula is C22H29CuIN2O17S2Si11. The Bertz CT molecular complexity index is 1500. The zero-order valence-corrected chi connectivity index (χ0v) is 44.1. The second-order valence-electron chi connectivity index (χ2n) is 10.8. The quantitative estimate of drug-likeness (QED) is 0.275. The molecule has 5 aliphatic rings. The van der Waals surface area contributed by atoms with E-state index in [0.717, 1.165) is 20.9 Å². The molecule has 2 atom stereocenters. The Hall–Kier alpha value is 1.44. The Morgan fingerprint density at radius 3 is 1.46 bits per heavy atom. The number of benzene rings is 2. The number of aliphatic imine (C=N–C) groups is 2. The summed E-state index contributed by atoms with van der Waals surface area (Å²) in [6.07, 6.45) is 5.00. The van der Waals surface area contributed by atoms with Crippen LogP contribution in [0.15, 0.2) is 68.3 Å². The van der Waals surface area contributed by atoms with Gasteiger partial charge in [0.05, 0.1) is 13.1 Å². The van der Waals surface area contributed by atoms with E-state index in [2.05, 4.69) is 22.7 Å². The van der Waals surface area contributed by atoms with E-state index >= 15 is 0 Å². The van der Waals surface area contributed by atoms with Crippen molar-refractivity contribution >= 4 is 161 Å². The van der Waals surface area contributed by atoms with Crippen molar-refractivity contribution in [1.82, 2.24) is 0 Å². The van der Waals surface area contributed by atoms with Crippen LogP contribution in [0.4, 0.5) is 0 Å². The zero-order chi connectivity index (χ0) is 39.2. The number of fused-ring (bicyclic) bond motifs is 6. The molecule has 2 aromatic carbocycles. The van der Waals surface area contributed by atoms with Gasteiger partial charge in [0, 0.05) is 45.4 Å². The van der Waals surface area contributed by atoms with Crippen LogP contribution in [0.5, 0.6) is 0 Å². The van der Waals surface area contributed by atoms with Crippen LogP contribution < -0.4 is 0 Å². The first-order valence-corrected chi connectivity index (χ1v) is 35.3. The summed E-state index contributed by atoms with van der Waals surface area (Å²) in [7, 11) is -26.9. The summed E-state index contributed by atoms with van der Waals surface area (Å²) >= 11 is 9.20. The van der Waals surface area contributed by atoms with E-state index in [9.17, 15) is 14.4 Å². The summed E-state index contributed by atoms with van der Waals surface area (Å²) < 4.78 is 82.0. The first-order valence-electron chi connectivity index (χ1n) is 16.1. The SMILES string of the molecule is O[Si]O[Si]1O[Si]2O[Si]3O[Si](O)O[Si]4O[Si]5O[Si](O[Si]O)O[Si](CCCSc6ccccc6C=NCCN=Cc6ccccc6SCCC[Si](O1)(O3)O2)(O4)O5.[Cu][I]. The standard InChI is InChI=1S/C22H29N2O17S2Si11.Cu.HI/c25-44-28-47-32-51-34-49-30-46(27)31-50-35-52-33-48(29-45-26)37-54(39-50,41-52)16-6-14-43-22-10-4-2-8-20(22)18-24-12-11-23-17-19-7-1-3-9-21(19)42-13-5-15-53(36-47,38-49)40-51;;/h1-4,7-10,17-18,25-27H,5-6,11-16H2;;1H/q;+1;/p-1. The van der Waals surface area contributed by atoms with Gasteiger partial charge in [-0.2, -0.15) is 0 Å². The normalized spacial score (nSPS) is 27.8. The van der Waals surface area contributed by atoms with Crippen molar-refractivity contribution in [3.8, 4) is 0 Å². The molecule has 3 N–H and O–H groups in total. The number of hydrogen-bond acceptors (Lipinski definition) is 21. The summed E-state index contributed by atoms with van der Waals surface area (Å²) in [6.45, 7) is 1.06. The van der Waals surface area contributed by atoms with Crippen LogP contribution in [-0.4, -0.2) is 156 Å². The fourth-order valence-electron chi connectivity index (χ4n) is 4.90. The van der Waals surface area contributed by atoms with Gasteiger partial charge in [-0.05, 0) is 36.5 Å². The summed E-state index contributed by atoms with van der Waals surface area (Å²) in [4.78, 5) is 41.2. The second kappa shape index (κ2) is 24.3. The van der Waals surface area contributed by atoms with Gasteiger partial charge >= 0.3 is 137 Å². The number of hydrogen-bond donors (Lipinski definition) is 3. The van der Waals surface area contributed by atoms with E-state index in [0.29, 0.717) is 49.5 Å². The molecule has 303 valence electrons. The van der Waals surface area contributed by atoms with E-state index in [-0.39, 0.29) is 0 Å². The third-order valence-corrected chi connectivity index (χ3v) is 33.0. The molecule has 4 saturated heterocycles. The third kappa shape index (κ3) is 14.0. The van der Waals surface area contributed by atoms with Gasteiger partial charge in [-0.1, -0.05) is 36.4 Å². The van der Waals surface area contributed by atoms with Gasteiger partial charge in [0.15, 0.2) is 0 Å². The first-order chi connectivity index (χ1) is 27.4. The summed E-state index contributed by atoms with van der Waals surface area (Å²) in [5, 5.41) is 0. The van der Waals surface area contributed by atoms with Crippen molar-refractivity contribution < 1.29 is 84.8 Å². The average Bonchev–Trinajstić information content (AvgIpc) is 3.17. The number of nitrogens with zero attached hydrogens (tertiary/aromatic N) is 2. The fourth-order valence-corrected chi connectivity index (χ4v) is 34.6. The molecular weight excluding hydrogens is 1130 g/mol. The predicted octanol–water partition coefficient (Wildman–Crippen LogP) is 0.190.